The maximum absolute atomic E-state index is 11.0. The lowest BCUT2D eigenvalue weighted by molar-refractivity contribution is -0.142. The first kappa shape index (κ1) is 10.7. The Morgan fingerprint density at radius 2 is 2.36 bits per heavy atom. The normalized spacial score (nSPS) is 12.2. The summed E-state index contributed by atoms with van der Waals surface area (Å²) in [5.74, 6) is -0.266. The number of ether oxygens (including phenoxy) is 1. The van der Waals surface area contributed by atoms with Crippen molar-refractivity contribution in [3.8, 4) is 5.75 Å². The Morgan fingerprint density at radius 3 is 2.93 bits per heavy atom. The van der Waals surface area contributed by atoms with Gasteiger partial charge in [0.1, 0.15) is 11.9 Å². The molecule has 4 heteroatoms. The Hall–Kier alpha value is -1.39. The van der Waals surface area contributed by atoms with Crippen molar-refractivity contribution in [2.45, 2.75) is 19.6 Å². The summed E-state index contributed by atoms with van der Waals surface area (Å²) in [6.07, 6.45) is -1.11. The van der Waals surface area contributed by atoms with E-state index >= 15 is 0 Å². The first-order chi connectivity index (χ1) is 6.63. The van der Waals surface area contributed by atoms with Crippen molar-refractivity contribution in [3.63, 3.8) is 0 Å². The lowest BCUT2D eigenvalue weighted by Crippen LogP contribution is -2.22. The van der Waals surface area contributed by atoms with E-state index in [1.54, 1.807) is 18.2 Å². The number of nitrogens with two attached hydrogens (primary N) is 1. The van der Waals surface area contributed by atoms with E-state index in [0.29, 0.717) is 12.3 Å². The van der Waals surface area contributed by atoms with Crippen LogP contribution in [0.5, 0.6) is 5.75 Å². The van der Waals surface area contributed by atoms with Gasteiger partial charge in [0, 0.05) is 6.54 Å². The van der Waals surface area contributed by atoms with E-state index in [0.717, 1.165) is 5.56 Å². The van der Waals surface area contributed by atoms with Gasteiger partial charge in [-0.2, -0.15) is 0 Å². The second-order valence-electron chi connectivity index (χ2n) is 2.95. The molecule has 0 spiro atoms. The highest BCUT2D eigenvalue weighted by molar-refractivity contribution is 5.76. The fourth-order valence-corrected chi connectivity index (χ4v) is 0.937. The number of esters is 1. The SMILES string of the molecule is CC(O)C(=O)Oc1cccc(CN)c1. The minimum absolute atomic E-state index is 0.389. The van der Waals surface area contributed by atoms with Gasteiger partial charge in [0.2, 0.25) is 0 Å². The van der Waals surface area contributed by atoms with Crippen molar-refractivity contribution in [1.82, 2.24) is 0 Å². The number of carbonyl (C=O) groups is 1. The van der Waals surface area contributed by atoms with Crippen LogP contribution in [0.2, 0.25) is 0 Å². The lowest BCUT2D eigenvalue weighted by atomic mass is 10.2. The zero-order chi connectivity index (χ0) is 10.6. The average molecular weight is 195 g/mol. The molecular weight excluding hydrogens is 182 g/mol. The highest BCUT2D eigenvalue weighted by Gasteiger charge is 2.11. The van der Waals surface area contributed by atoms with Crippen LogP contribution < -0.4 is 10.5 Å². The van der Waals surface area contributed by atoms with E-state index in [4.69, 9.17) is 15.6 Å². The molecule has 1 unspecified atom stereocenters. The highest BCUT2D eigenvalue weighted by atomic mass is 16.5. The smallest absolute Gasteiger partial charge is 0.340 e. The molecule has 0 saturated heterocycles. The topological polar surface area (TPSA) is 72.5 Å². The fraction of sp³-hybridized carbons (Fsp3) is 0.300. The molecule has 0 aromatic heterocycles. The number of aliphatic hydroxyl groups excluding tert-OH is 1. The van der Waals surface area contributed by atoms with E-state index in [1.807, 2.05) is 6.07 Å². The third kappa shape index (κ3) is 2.83. The summed E-state index contributed by atoms with van der Waals surface area (Å²) in [6, 6.07) is 6.88. The van der Waals surface area contributed by atoms with Crippen molar-refractivity contribution in [1.29, 1.82) is 0 Å². The predicted molar refractivity (Wildman–Crippen MR) is 51.6 cm³/mol. The molecule has 0 aliphatic rings. The monoisotopic (exact) mass is 195 g/mol. The summed E-state index contributed by atoms with van der Waals surface area (Å²) in [6.45, 7) is 1.75. The molecule has 4 nitrogen and oxygen atoms in total. The molecule has 3 N–H and O–H groups in total. The van der Waals surface area contributed by atoms with Gasteiger partial charge in [0.25, 0.3) is 0 Å². The maximum atomic E-state index is 11.0. The fourth-order valence-electron chi connectivity index (χ4n) is 0.937. The number of rotatable bonds is 3. The van der Waals surface area contributed by atoms with Gasteiger partial charge in [-0.3, -0.25) is 0 Å². The molecule has 1 aromatic rings. The summed E-state index contributed by atoms with van der Waals surface area (Å²) in [7, 11) is 0. The largest absolute Gasteiger partial charge is 0.425 e. The summed E-state index contributed by atoms with van der Waals surface area (Å²) >= 11 is 0. The van der Waals surface area contributed by atoms with Crippen LogP contribution >= 0.6 is 0 Å². The lowest BCUT2D eigenvalue weighted by Gasteiger charge is -2.06. The van der Waals surface area contributed by atoms with Crippen LogP contribution in [0, 0.1) is 0 Å². The molecule has 0 heterocycles. The number of benzene rings is 1. The molecule has 0 amide bonds. The second kappa shape index (κ2) is 4.74. The Morgan fingerprint density at radius 1 is 1.64 bits per heavy atom. The summed E-state index contributed by atoms with van der Waals surface area (Å²) in [5, 5.41) is 8.91. The Bertz CT molecular complexity index is 323. The molecule has 14 heavy (non-hydrogen) atoms. The Labute approximate surface area is 82.3 Å². The van der Waals surface area contributed by atoms with Crippen molar-refractivity contribution >= 4 is 5.97 Å². The minimum Gasteiger partial charge on any atom is -0.425 e. The van der Waals surface area contributed by atoms with Crippen LogP contribution in [0.15, 0.2) is 24.3 Å². The number of carbonyl (C=O) groups excluding carboxylic acids is 1. The molecule has 0 radical (unpaired) electrons. The van der Waals surface area contributed by atoms with Crippen molar-refractivity contribution < 1.29 is 14.6 Å². The zero-order valence-corrected chi connectivity index (χ0v) is 7.93. The summed E-state index contributed by atoms with van der Waals surface area (Å²) in [5.41, 5.74) is 6.30. The quantitative estimate of drug-likeness (QED) is 0.542. The molecular formula is C10H13NO3. The van der Waals surface area contributed by atoms with E-state index < -0.39 is 12.1 Å². The second-order valence-corrected chi connectivity index (χ2v) is 2.95. The van der Waals surface area contributed by atoms with Gasteiger partial charge < -0.3 is 15.6 Å². The highest BCUT2D eigenvalue weighted by Crippen LogP contribution is 2.13. The van der Waals surface area contributed by atoms with Crippen molar-refractivity contribution in [3.05, 3.63) is 29.8 Å². The minimum atomic E-state index is -1.11. The van der Waals surface area contributed by atoms with Gasteiger partial charge in [0.15, 0.2) is 0 Å². The molecule has 0 saturated carbocycles. The van der Waals surface area contributed by atoms with Crippen LogP contribution in [-0.4, -0.2) is 17.2 Å². The number of hydrogen-bond acceptors (Lipinski definition) is 4. The molecule has 1 rings (SSSR count). The van der Waals surface area contributed by atoms with Crippen molar-refractivity contribution in [2.75, 3.05) is 0 Å². The van der Waals surface area contributed by atoms with Crippen LogP contribution in [-0.2, 0) is 11.3 Å². The first-order valence-corrected chi connectivity index (χ1v) is 4.32. The van der Waals surface area contributed by atoms with Crippen molar-refractivity contribution in [2.24, 2.45) is 5.73 Å². The number of hydrogen-bond donors (Lipinski definition) is 2. The van der Waals surface area contributed by atoms with Crippen LogP contribution in [0.1, 0.15) is 12.5 Å². The predicted octanol–water partition coefficient (Wildman–Crippen LogP) is 0.432. The van der Waals surface area contributed by atoms with Crippen LogP contribution in [0.25, 0.3) is 0 Å². The third-order valence-electron chi connectivity index (χ3n) is 1.69. The van der Waals surface area contributed by atoms with Gasteiger partial charge in [0.05, 0.1) is 0 Å². The third-order valence-corrected chi connectivity index (χ3v) is 1.69. The van der Waals surface area contributed by atoms with Gasteiger partial charge in [-0.15, -0.1) is 0 Å². The summed E-state index contributed by atoms with van der Waals surface area (Å²) in [4.78, 5) is 11.0. The van der Waals surface area contributed by atoms with Gasteiger partial charge >= 0.3 is 5.97 Å². The van der Waals surface area contributed by atoms with E-state index in [1.165, 1.54) is 6.92 Å². The van der Waals surface area contributed by atoms with Crippen LogP contribution in [0.4, 0.5) is 0 Å². The van der Waals surface area contributed by atoms with E-state index in [-0.39, 0.29) is 0 Å². The Kier molecular flexibility index (Phi) is 3.62. The maximum Gasteiger partial charge on any atom is 0.340 e. The van der Waals surface area contributed by atoms with Gasteiger partial charge in [-0.1, -0.05) is 12.1 Å². The molecule has 1 aromatic carbocycles. The molecule has 0 bridgehead atoms. The van der Waals surface area contributed by atoms with E-state index in [2.05, 4.69) is 0 Å². The van der Waals surface area contributed by atoms with Gasteiger partial charge in [-0.25, -0.2) is 4.79 Å². The van der Waals surface area contributed by atoms with E-state index in [9.17, 15) is 4.79 Å². The average Bonchev–Trinajstić information content (AvgIpc) is 2.18. The molecule has 0 aliphatic carbocycles. The van der Waals surface area contributed by atoms with Crippen LogP contribution in [0.3, 0.4) is 0 Å². The Balaban J connectivity index is 2.72. The standard InChI is InChI=1S/C10H13NO3/c1-7(12)10(13)14-9-4-2-3-8(5-9)6-11/h2-5,7,12H,6,11H2,1H3. The number of aliphatic hydroxyl groups is 1. The molecule has 0 fully saturated rings. The molecule has 76 valence electrons. The van der Waals surface area contributed by atoms with Gasteiger partial charge in [-0.05, 0) is 24.6 Å². The zero-order valence-electron chi connectivity index (χ0n) is 7.93. The summed E-state index contributed by atoms with van der Waals surface area (Å²) < 4.78 is 4.87. The molecule has 0 aliphatic heterocycles. The molecule has 1 atom stereocenters. The first-order valence-electron chi connectivity index (χ1n) is 4.32.